The maximum absolute atomic E-state index is 14.7. The highest BCUT2D eigenvalue weighted by Crippen LogP contribution is 2.32. The van der Waals surface area contributed by atoms with Crippen LogP contribution in [0, 0.1) is 11.3 Å². The molecule has 2 saturated carbocycles. The van der Waals surface area contributed by atoms with Crippen LogP contribution in [0.4, 0.5) is 13.2 Å². The van der Waals surface area contributed by atoms with Gasteiger partial charge in [-0.15, -0.1) is 0 Å². The molecule has 2 aliphatic carbocycles. The number of aromatic nitrogens is 3. The summed E-state index contributed by atoms with van der Waals surface area (Å²) in [4.78, 5) is 95.2. The van der Waals surface area contributed by atoms with E-state index in [1.807, 2.05) is 0 Å². The molecule has 3 heterocycles. The highest BCUT2D eigenvalue weighted by Gasteiger charge is 2.47. The largest absolute Gasteiger partial charge is 0.472 e. The van der Waals surface area contributed by atoms with E-state index in [9.17, 15) is 41.9 Å². The van der Waals surface area contributed by atoms with Crippen molar-refractivity contribution in [3.05, 3.63) is 48.2 Å². The Morgan fingerprint density at radius 3 is 2.21 bits per heavy atom. The normalized spacial score (nSPS) is 20.4. The number of ketones is 1. The molecule has 1 aliphatic heterocycles. The van der Waals surface area contributed by atoms with Gasteiger partial charge in [-0.1, -0.05) is 53.4 Å². The first kappa shape index (κ1) is 43.0. The Kier molecular flexibility index (Phi) is 13.9. The second kappa shape index (κ2) is 18.4. The fourth-order valence-electron chi connectivity index (χ4n) is 7.17. The summed E-state index contributed by atoms with van der Waals surface area (Å²) in [7, 11) is 0. The number of carbonyl (C=O) groups is 6. The van der Waals surface area contributed by atoms with Crippen molar-refractivity contribution in [2.24, 2.45) is 11.3 Å². The van der Waals surface area contributed by atoms with Crippen molar-refractivity contribution in [2.45, 2.75) is 134 Å². The third-order valence-electron chi connectivity index (χ3n) is 10.4. The Labute approximate surface area is 329 Å². The van der Waals surface area contributed by atoms with Crippen molar-refractivity contribution in [3.8, 4) is 5.88 Å². The number of Topliss-reactive ketones (excluding diaryl/α,β-unsaturated/α-hetero) is 1. The van der Waals surface area contributed by atoms with Gasteiger partial charge in [0, 0.05) is 37.1 Å². The summed E-state index contributed by atoms with van der Waals surface area (Å²) in [6, 6.07) is -3.00. The lowest BCUT2D eigenvalue weighted by molar-refractivity contribution is -0.145. The number of alkyl halides is 3. The van der Waals surface area contributed by atoms with E-state index in [1.165, 1.54) is 23.5 Å². The number of carbonyl (C=O) groups excluding carboxylic acids is 6. The molecule has 57 heavy (non-hydrogen) atoms. The minimum atomic E-state index is -4.63. The van der Waals surface area contributed by atoms with Gasteiger partial charge >= 0.3 is 6.18 Å². The molecule has 2 aromatic rings. The predicted molar refractivity (Wildman–Crippen MR) is 198 cm³/mol. The van der Waals surface area contributed by atoms with Crippen LogP contribution in [0.5, 0.6) is 5.88 Å². The molecule has 3 unspecified atom stereocenters. The van der Waals surface area contributed by atoms with Crippen LogP contribution < -0.4 is 26.0 Å². The van der Waals surface area contributed by atoms with Crippen LogP contribution in [0.25, 0.3) is 0 Å². The zero-order valence-electron chi connectivity index (χ0n) is 32.6. The zero-order valence-corrected chi connectivity index (χ0v) is 32.6. The van der Waals surface area contributed by atoms with E-state index in [2.05, 4.69) is 36.2 Å². The van der Waals surface area contributed by atoms with Crippen LogP contribution in [0.3, 0.4) is 0 Å². The number of hydrogen-bond donors (Lipinski definition) is 4. The van der Waals surface area contributed by atoms with Gasteiger partial charge in [-0.2, -0.15) is 13.2 Å². The number of pyridine rings is 1. The van der Waals surface area contributed by atoms with E-state index in [0.717, 1.165) is 44.2 Å². The summed E-state index contributed by atoms with van der Waals surface area (Å²) < 4.78 is 45.6. The van der Waals surface area contributed by atoms with E-state index < -0.39 is 82.7 Å². The SMILES string of the molecule is CCCC(NC(=O)[C@@H]1C[C@@H](Oc2ccc(C(F)(F)F)cn2)CN1C(=O)C(NC(=O)C(NC(=O)c1cnccn1)C1CCCCC1)C(C)(C)C)C(=O)C(=O)NC1CC1. The van der Waals surface area contributed by atoms with E-state index in [-0.39, 0.29) is 42.9 Å². The molecule has 3 aliphatic rings. The molecule has 18 heteroatoms. The molecule has 15 nitrogen and oxygen atoms in total. The van der Waals surface area contributed by atoms with E-state index in [1.54, 1.807) is 27.7 Å². The summed E-state index contributed by atoms with van der Waals surface area (Å²) in [6.45, 7) is 6.73. The summed E-state index contributed by atoms with van der Waals surface area (Å²) >= 11 is 0. The molecule has 0 bridgehead atoms. The minimum Gasteiger partial charge on any atom is -0.472 e. The van der Waals surface area contributed by atoms with Gasteiger partial charge in [-0.25, -0.2) is 9.97 Å². The van der Waals surface area contributed by atoms with Gasteiger partial charge in [-0.05, 0) is 49.5 Å². The summed E-state index contributed by atoms with van der Waals surface area (Å²) in [5, 5.41) is 11.0. The maximum atomic E-state index is 14.7. The Balaban J connectivity index is 1.41. The minimum absolute atomic E-state index is 0.0129. The van der Waals surface area contributed by atoms with Gasteiger partial charge in [-0.3, -0.25) is 33.8 Å². The predicted octanol–water partition coefficient (Wildman–Crippen LogP) is 3.28. The Morgan fingerprint density at radius 2 is 1.63 bits per heavy atom. The average Bonchev–Trinajstić information content (AvgIpc) is 3.90. The first-order valence-corrected chi connectivity index (χ1v) is 19.5. The highest BCUT2D eigenvalue weighted by molar-refractivity contribution is 6.38. The van der Waals surface area contributed by atoms with Crippen LogP contribution in [0.15, 0.2) is 36.9 Å². The van der Waals surface area contributed by atoms with E-state index in [4.69, 9.17) is 4.74 Å². The topological polar surface area (TPSA) is 202 Å². The zero-order chi connectivity index (χ0) is 41.5. The molecular weight excluding hydrogens is 749 g/mol. The molecule has 5 amide bonds. The fraction of sp³-hybridized carbons (Fsp3) is 0.615. The Hall–Kier alpha value is -5.16. The van der Waals surface area contributed by atoms with Crippen LogP contribution in [0.2, 0.25) is 0 Å². The molecule has 5 atom stereocenters. The van der Waals surface area contributed by atoms with Gasteiger partial charge in [0.15, 0.2) is 0 Å². The Morgan fingerprint density at radius 1 is 0.912 bits per heavy atom. The summed E-state index contributed by atoms with van der Waals surface area (Å²) in [6.07, 6.45) is 5.02. The first-order chi connectivity index (χ1) is 27.0. The number of ether oxygens (including phenoxy) is 1. The average molecular weight is 801 g/mol. The smallest absolute Gasteiger partial charge is 0.417 e. The number of nitrogens with zero attached hydrogens (tertiary/aromatic N) is 4. The van der Waals surface area contributed by atoms with Gasteiger partial charge in [0.2, 0.25) is 29.4 Å². The first-order valence-electron chi connectivity index (χ1n) is 19.5. The van der Waals surface area contributed by atoms with Gasteiger partial charge < -0.3 is 30.9 Å². The summed E-state index contributed by atoms with van der Waals surface area (Å²) in [5.74, 6) is -4.70. The summed E-state index contributed by atoms with van der Waals surface area (Å²) in [5.41, 5.74) is -1.93. The Bertz CT molecular complexity index is 1760. The van der Waals surface area contributed by atoms with Crippen molar-refractivity contribution >= 4 is 35.3 Å². The number of halogens is 3. The van der Waals surface area contributed by atoms with Crippen LogP contribution in [-0.2, 0) is 30.1 Å². The van der Waals surface area contributed by atoms with Crippen molar-refractivity contribution in [1.82, 2.24) is 41.1 Å². The molecule has 0 aromatic carbocycles. The van der Waals surface area contributed by atoms with E-state index in [0.29, 0.717) is 25.5 Å². The molecule has 5 rings (SSSR count). The molecule has 1 saturated heterocycles. The quantitative estimate of drug-likeness (QED) is 0.194. The molecular formula is C39H51F3N8O7. The maximum Gasteiger partial charge on any atom is 0.417 e. The highest BCUT2D eigenvalue weighted by atomic mass is 19.4. The molecule has 0 radical (unpaired) electrons. The monoisotopic (exact) mass is 800 g/mol. The van der Waals surface area contributed by atoms with E-state index >= 15 is 0 Å². The third kappa shape index (κ3) is 11.5. The van der Waals surface area contributed by atoms with Crippen LogP contribution in [-0.4, -0.2) is 98.0 Å². The molecule has 3 fully saturated rings. The number of likely N-dealkylation sites (tertiary alicyclic amines) is 1. The second-order valence-corrected chi connectivity index (χ2v) is 16.1. The number of rotatable bonds is 15. The second-order valence-electron chi connectivity index (χ2n) is 16.1. The lowest BCUT2D eigenvalue weighted by atomic mass is 9.82. The number of amides is 5. The lowest BCUT2D eigenvalue weighted by Crippen LogP contribution is -2.62. The van der Waals surface area contributed by atoms with Crippen LogP contribution in [0.1, 0.15) is 108 Å². The molecule has 0 spiro atoms. The van der Waals surface area contributed by atoms with Gasteiger partial charge in [0.05, 0.1) is 24.3 Å². The van der Waals surface area contributed by atoms with Crippen LogP contribution >= 0.6 is 0 Å². The third-order valence-corrected chi connectivity index (χ3v) is 10.4. The molecule has 2 aromatic heterocycles. The van der Waals surface area contributed by atoms with Gasteiger partial charge in [0.1, 0.15) is 29.9 Å². The molecule has 4 N–H and O–H groups in total. The van der Waals surface area contributed by atoms with Crippen molar-refractivity contribution in [1.29, 1.82) is 0 Å². The lowest BCUT2D eigenvalue weighted by Gasteiger charge is -2.37. The number of hydrogen-bond acceptors (Lipinski definition) is 10. The fourth-order valence-corrected chi connectivity index (χ4v) is 7.17. The van der Waals surface area contributed by atoms with Crippen molar-refractivity contribution in [3.63, 3.8) is 0 Å². The van der Waals surface area contributed by atoms with Crippen molar-refractivity contribution < 1.29 is 46.7 Å². The van der Waals surface area contributed by atoms with Gasteiger partial charge in [0.25, 0.3) is 11.8 Å². The van der Waals surface area contributed by atoms with Crippen molar-refractivity contribution in [2.75, 3.05) is 6.54 Å². The standard InChI is InChI=1S/C39H51F3N8O7/c1-5-9-26(31(51)36(55)46-24-13-14-24)47-34(53)28-18-25(57-29-15-12-23(19-45-29)39(40,41)42)21-50(28)37(56)32(38(2,3)4)49-35(54)30(22-10-7-6-8-11-22)48-33(52)27-20-43-16-17-44-27/h12,15-17,19-20,22,24-26,28,30,32H,5-11,13-14,18,21H2,1-4H3,(H,46,55)(H,47,53)(H,48,52)(H,49,54)/t25-,26?,28+,30?,32?/m1/s1. The number of nitrogens with one attached hydrogen (secondary N) is 4. The molecule has 310 valence electrons.